The first-order chi connectivity index (χ1) is 17.5. The third kappa shape index (κ3) is 8.98. The lowest BCUT2D eigenvalue weighted by Gasteiger charge is -2.37. The lowest BCUT2D eigenvalue weighted by Crippen LogP contribution is -2.49. The average Bonchev–Trinajstić information content (AvgIpc) is 3.19. The molecule has 1 heterocycles. The van der Waals surface area contributed by atoms with Gasteiger partial charge in [-0.15, -0.1) is 0 Å². The molecule has 1 aliphatic carbocycles. The number of nitrogens with zero attached hydrogens (tertiary/aromatic N) is 1. The Morgan fingerprint density at radius 3 is 2.21 bits per heavy atom. The number of carbonyl (C=O) groups excluding carboxylic acids is 2. The first-order valence-corrected chi connectivity index (χ1v) is 14.2. The topological polar surface area (TPSA) is 77.1 Å². The van der Waals surface area contributed by atoms with E-state index < -0.39 is 17.6 Å². The zero-order chi connectivity index (χ0) is 28.3. The highest BCUT2D eigenvalue weighted by atomic mass is 16.6. The van der Waals surface area contributed by atoms with Crippen LogP contribution in [-0.4, -0.2) is 48.5 Å². The minimum Gasteiger partial charge on any atom is -0.490 e. The number of benzene rings is 1. The maximum atomic E-state index is 13.6. The summed E-state index contributed by atoms with van der Waals surface area (Å²) in [6.07, 6.45) is 5.51. The highest BCUT2D eigenvalue weighted by Gasteiger charge is 2.34. The molecular weight excluding hydrogens is 480 g/mol. The van der Waals surface area contributed by atoms with Crippen LogP contribution >= 0.6 is 0 Å². The number of rotatable bonds is 8. The Morgan fingerprint density at radius 1 is 0.974 bits per heavy atom. The monoisotopic (exact) mass is 530 g/mol. The zero-order valence-corrected chi connectivity index (χ0v) is 25.1. The van der Waals surface area contributed by atoms with Gasteiger partial charge < -0.3 is 19.1 Å². The lowest BCUT2D eigenvalue weighted by atomic mass is 9.72. The van der Waals surface area contributed by atoms with Crippen LogP contribution in [0, 0.1) is 11.3 Å². The van der Waals surface area contributed by atoms with E-state index >= 15 is 0 Å². The van der Waals surface area contributed by atoms with Gasteiger partial charge in [-0.2, -0.15) is 0 Å². The van der Waals surface area contributed by atoms with Crippen LogP contribution in [0.15, 0.2) is 18.2 Å². The van der Waals surface area contributed by atoms with Crippen molar-refractivity contribution in [2.45, 2.75) is 124 Å². The van der Waals surface area contributed by atoms with Crippen molar-refractivity contribution in [3.63, 3.8) is 0 Å². The van der Waals surface area contributed by atoms with Gasteiger partial charge in [-0.3, -0.25) is 14.9 Å². The fraction of sp³-hybridized carbons (Fsp3) is 0.742. The molecule has 0 radical (unpaired) electrons. The molecule has 7 heteroatoms. The molecule has 1 aliphatic heterocycles. The first kappa shape index (κ1) is 30.4. The van der Waals surface area contributed by atoms with Crippen LogP contribution in [0.25, 0.3) is 0 Å². The van der Waals surface area contributed by atoms with E-state index in [0.717, 1.165) is 42.2 Å². The summed E-state index contributed by atoms with van der Waals surface area (Å²) in [5.41, 5.74) is 1.35. The Morgan fingerprint density at radius 2 is 1.63 bits per heavy atom. The molecule has 0 bridgehead atoms. The van der Waals surface area contributed by atoms with Gasteiger partial charge in [0.15, 0.2) is 0 Å². The molecule has 38 heavy (non-hydrogen) atoms. The van der Waals surface area contributed by atoms with Crippen molar-refractivity contribution in [2.75, 3.05) is 18.2 Å². The second-order valence-corrected chi connectivity index (χ2v) is 13.9. The highest BCUT2D eigenvalue weighted by Crippen LogP contribution is 2.39. The smallest absolute Gasteiger partial charge is 0.308 e. The van der Waals surface area contributed by atoms with Crippen molar-refractivity contribution in [3.8, 4) is 5.75 Å². The largest absolute Gasteiger partial charge is 0.490 e. The van der Waals surface area contributed by atoms with Gasteiger partial charge in [-0.1, -0.05) is 20.8 Å². The van der Waals surface area contributed by atoms with Crippen molar-refractivity contribution < 1.29 is 23.8 Å². The van der Waals surface area contributed by atoms with E-state index in [1.54, 1.807) is 4.90 Å². The van der Waals surface area contributed by atoms with Crippen LogP contribution in [0.3, 0.4) is 0 Å². The number of amides is 1. The molecule has 1 atom stereocenters. The maximum absolute atomic E-state index is 13.6. The van der Waals surface area contributed by atoms with Gasteiger partial charge in [0.1, 0.15) is 11.4 Å². The van der Waals surface area contributed by atoms with E-state index in [4.69, 9.17) is 14.2 Å². The SMILES string of the molecule is CC(C)(C)OCNC(CC(=O)OC(C)(C)C)C(=O)N1CCc2cc(O[C@H]3CC[C@H](C(C)(C)C)CC3)ccc21. The normalized spacial score (nSPS) is 21.1. The third-order valence-electron chi connectivity index (χ3n) is 7.34. The van der Waals surface area contributed by atoms with Crippen LogP contribution in [0.2, 0.25) is 0 Å². The average molecular weight is 531 g/mol. The molecule has 1 N–H and O–H groups in total. The van der Waals surface area contributed by atoms with Crippen LogP contribution in [0.1, 0.15) is 100.0 Å². The Kier molecular flexibility index (Phi) is 9.57. The fourth-order valence-corrected chi connectivity index (χ4v) is 5.26. The zero-order valence-electron chi connectivity index (χ0n) is 25.1. The summed E-state index contributed by atoms with van der Waals surface area (Å²) in [4.78, 5) is 28.0. The number of fused-ring (bicyclic) bond motifs is 1. The summed E-state index contributed by atoms with van der Waals surface area (Å²) in [5, 5.41) is 3.14. The summed E-state index contributed by atoms with van der Waals surface area (Å²) in [5.74, 6) is 1.06. The van der Waals surface area contributed by atoms with Crippen molar-refractivity contribution in [2.24, 2.45) is 11.3 Å². The molecule has 0 saturated heterocycles. The summed E-state index contributed by atoms with van der Waals surface area (Å²) >= 11 is 0. The molecule has 7 nitrogen and oxygen atoms in total. The van der Waals surface area contributed by atoms with Crippen molar-refractivity contribution in [1.82, 2.24) is 5.32 Å². The van der Waals surface area contributed by atoms with Gasteiger partial charge in [0.05, 0.1) is 30.9 Å². The van der Waals surface area contributed by atoms with Gasteiger partial charge in [0.25, 0.3) is 0 Å². The van der Waals surface area contributed by atoms with E-state index in [0.29, 0.717) is 12.0 Å². The molecule has 1 fully saturated rings. The van der Waals surface area contributed by atoms with Crippen LogP contribution in [0.5, 0.6) is 5.75 Å². The van der Waals surface area contributed by atoms with Crippen molar-refractivity contribution >= 4 is 17.6 Å². The Labute approximate surface area is 230 Å². The molecule has 2 aliphatic rings. The van der Waals surface area contributed by atoms with Crippen LogP contribution in [0.4, 0.5) is 5.69 Å². The second-order valence-electron chi connectivity index (χ2n) is 13.9. The molecular formula is C31H50N2O5. The Hall–Kier alpha value is -2.12. The van der Waals surface area contributed by atoms with Gasteiger partial charge in [0.2, 0.25) is 5.91 Å². The predicted molar refractivity (Wildman–Crippen MR) is 151 cm³/mol. The van der Waals surface area contributed by atoms with Gasteiger partial charge in [0, 0.05) is 12.2 Å². The van der Waals surface area contributed by atoms with Crippen molar-refractivity contribution in [1.29, 1.82) is 0 Å². The van der Waals surface area contributed by atoms with E-state index in [9.17, 15) is 9.59 Å². The summed E-state index contributed by atoms with van der Waals surface area (Å²) in [6, 6.07) is 5.29. The van der Waals surface area contributed by atoms with Crippen molar-refractivity contribution in [3.05, 3.63) is 23.8 Å². The predicted octanol–water partition coefficient (Wildman–Crippen LogP) is 6.02. The lowest BCUT2D eigenvalue weighted by molar-refractivity contribution is -0.156. The molecule has 1 aromatic rings. The first-order valence-electron chi connectivity index (χ1n) is 14.2. The highest BCUT2D eigenvalue weighted by molar-refractivity contribution is 6.00. The van der Waals surface area contributed by atoms with E-state index in [2.05, 4.69) is 32.2 Å². The summed E-state index contributed by atoms with van der Waals surface area (Å²) in [6.45, 7) is 19.0. The number of esters is 1. The second kappa shape index (κ2) is 12.0. The van der Waals surface area contributed by atoms with E-state index in [-0.39, 0.29) is 30.8 Å². The molecule has 1 saturated carbocycles. The number of nitrogens with one attached hydrogen (secondary N) is 1. The standard InChI is InChI=1S/C31H50N2O5/c1-29(2,3)22-10-12-23(13-11-22)37-24-14-15-26-21(18-24)16-17-33(26)28(35)25(32-20-36-30(4,5)6)19-27(34)38-31(7,8)9/h14-15,18,22-23,25,32H,10-13,16-17,19-20H2,1-9H3/t22-,23-,25?. The molecule has 1 unspecified atom stereocenters. The van der Waals surface area contributed by atoms with E-state index in [1.165, 1.54) is 12.8 Å². The quantitative estimate of drug-likeness (QED) is 0.327. The minimum atomic E-state index is -0.743. The molecule has 0 spiro atoms. The summed E-state index contributed by atoms with van der Waals surface area (Å²) in [7, 11) is 0. The molecule has 214 valence electrons. The number of hydrogen-bond donors (Lipinski definition) is 1. The Bertz CT molecular complexity index is 962. The van der Waals surface area contributed by atoms with Gasteiger partial charge in [-0.25, -0.2) is 0 Å². The third-order valence-corrected chi connectivity index (χ3v) is 7.34. The van der Waals surface area contributed by atoms with Crippen LogP contribution in [-0.2, 0) is 25.5 Å². The minimum absolute atomic E-state index is 0.0616. The molecule has 1 aromatic carbocycles. The van der Waals surface area contributed by atoms with Gasteiger partial charge in [-0.05, 0) is 109 Å². The number of anilines is 1. The molecule has 3 rings (SSSR count). The fourth-order valence-electron chi connectivity index (χ4n) is 5.26. The Balaban J connectivity index is 1.66. The molecule has 1 amide bonds. The maximum Gasteiger partial charge on any atom is 0.308 e. The molecule has 0 aromatic heterocycles. The number of carbonyl (C=O) groups is 2. The van der Waals surface area contributed by atoms with Crippen LogP contribution < -0.4 is 15.0 Å². The number of ether oxygens (including phenoxy) is 3. The number of hydrogen-bond acceptors (Lipinski definition) is 6. The summed E-state index contributed by atoms with van der Waals surface area (Å²) < 4.78 is 17.7. The van der Waals surface area contributed by atoms with Gasteiger partial charge >= 0.3 is 5.97 Å². The van der Waals surface area contributed by atoms with E-state index in [1.807, 2.05) is 53.7 Å².